The van der Waals surface area contributed by atoms with Crippen molar-refractivity contribution in [3.8, 4) is 0 Å². The highest BCUT2D eigenvalue weighted by molar-refractivity contribution is 7.17. The molecular weight excluding hydrogens is 348 g/mol. The Bertz CT molecular complexity index is 668. The highest BCUT2D eigenvalue weighted by atomic mass is 32.1. The lowest BCUT2D eigenvalue weighted by molar-refractivity contribution is -0.117. The van der Waals surface area contributed by atoms with E-state index in [2.05, 4.69) is 17.1 Å². The van der Waals surface area contributed by atoms with Gasteiger partial charge in [0.05, 0.1) is 18.2 Å². The van der Waals surface area contributed by atoms with Crippen LogP contribution in [0, 0.1) is 5.92 Å². The van der Waals surface area contributed by atoms with Crippen molar-refractivity contribution >= 4 is 28.2 Å². The molecule has 3 rings (SSSR count). The smallest absolute Gasteiger partial charge is 0.341 e. The van der Waals surface area contributed by atoms with Gasteiger partial charge < -0.3 is 10.1 Å². The summed E-state index contributed by atoms with van der Waals surface area (Å²) in [6, 6.07) is 0. The molecule has 2 aliphatic rings. The van der Waals surface area contributed by atoms with Crippen LogP contribution in [0.25, 0.3) is 0 Å². The molecule has 1 fully saturated rings. The molecule has 2 heterocycles. The Labute approximate surface area is 160 Å². The average Bonchev–Trinajstić information content (AvgIpc) is 2.91. The third-order valence-electron chi connectivity index (χ3n) is 5.08. The molecule has 0 radical (unpaired) electrons. The van der Waals surface area contributed by atoms with Gasteiger partial charge in [-0.25, -0.2) is 4.79 Å². The van der Waals surface area contributed by atoms with Crippen LogP contribution >= 0.6 is 11.3 Å². The third-order valence-corrected chi connectivity index (χ3v) is 6.29. The normalized spacial score (nSPS) is 20.7. The van der Waals surface area contributed by atoms with E-state index in [1.165, 1.54) is 11.3 Å². The second kappa shape index (κ2) is 8.53. The number of likely N-dealkylation sites (tertiary alicyclic amines) is 1. The van der Waals surface area contributed by atoms with E-state index in [4.69, 9.17) is 4.74 Å². The first-order valence-electron chi connectivity index (χ1n) is 9.81. The predicted molar refractivity (Wildman–Crippen MR) is 105 cm³/mol. The topological polar surface area (TPSA) is 58.6 Å². The van der Waals surface area contributed by atoms with E-state index in [1.54, 1.807) is 11.3 Å². The molecule has 1 atom stereocenters. The van der Waals surface area contributed by atoms with Crippen molar-refractivity contribution in [3.05, 3.63) is 16.0 Å². The number of esters is 1. The Kier molecular flexibility index (Phi) is 6.35. The number of nitrogens with one attached hydrogen (secondary N) is 1. The van der Waals surface area contributed by atoms with Gasteiger partial charge in [0.15, 0.2) is 0 Å². The monoisotopic (exact) mass is 378 g/mol. The molecule has 0 spiro atoms. The molecule has 1 amide bonds. The van der Waals surface area contributed by atoms with Crippen molar-refractivity contribution in [2.75, 3.05) is 25.0 Å². The number of nitrogens with zero attached hydrogens (tertiary/aromatic N) is 1. The minimum Gasteiger partial charge on any atom is -0.459 e. The zero-order chi connectivity index (χ0) is 18.7. The number of carbonyl (C=O) groups is 2. The van der Waals surface area contributed by atoms with Gasteiger partial charge in [-0.1, -0.05) is 6.92 Å². The summed E-state index contributed by atoms with van der Waals surface area (Å²) in [4.78, 5) is 28.7. The summed E-state index contributed by atoms with van der Waals surface area (Å²) in [5.74, 6) is 0.305. The molecule has 5 nitrogen and oxygen atoms in total. The van der Waals surface area contributed by atoms with Gasteiger partial charge in [0, 0.05) is 11.4 Å². The molecule has 1 aliphatic heterocycles. The van der Waals surface area contributed by atoms with Crippen LogP contribution in [-0.4, -0.2) is 42.5 Å². The van der Waals surface area contributed by atoms with Crippen molar-refractivity contribution in [2.24, 2.45) is 5.92 Å². The Balaban J connectivity index is 1.74. The minimum absolute atomic E-state index is 0.0312. The summed E-state index contributed by atoms with van der Waals surface area (Å²) in [6.07, 6.45) is 6.33. The number of amides is 1. The van der Waals surface area contributed by atoms with E-state index < -0.39 is 0 Å². The van der Waals surface area contributed by atoms with Crippen molar-refractivity contribution in [1.29, 1.82) is 0 Å². The molecule has 1 N–H and O–H groups in total. The summed E-state index contributed by atoms with van der Waals surface area (Å²) < 4.78 is 5.45. The summed E-state index contributed by atoms with van der Waals surface area (Å²) in [5.41, 5.74) is 1.69. The van der Waals surface area contributed by atoms with E-state index in [-0.39, 0.29) is 18.0 Å². The first-order valence-corrected chi connectivity index (χ1v) is 10.6. The molecule has 0 aromatic carbocycles. The van der Waals surface area contributed by atoms with Gasteiger partial charge in [0.1, 0.15) is 5.00 Å². The van der Waals surface area contributed by atoms with Crippen molar-refractivity contribution < 1.29 is 14.3 Å². The van der Waals surface area contributed by atoms with E-state index in [0.717, 1.165) is 50.8 Å². The second-order valence-electron chi connectivity index (χ2n) is 7.90. The Hall–Kier alpha value is -1.40. The number of carbonyl (C=O) groups excluding carboxylic acids is 2. The van der Waals surface area contributed by atoms with Crippen molar-refractivity contribution in [2.45, 2.75) is 65.4 Å². The zero-order valence-electron chi connectivity index (χ0n) is 16.1. The largest absolute Gasteiger partial charge is 0.459 e. The van der Waals surface area contributed by atoms with Gasteiger partial charge in [-0.3, -0.25) is 9.69 Å². The molecule has 1 saturated heterocycles. The SMILES string of the molecule is CC1CCCN(CC(=O)Nc2sc3c(c2C(=O)OC(C)C)CCCC3)C1. The lowest BCUT2D eigenvalue weighted by Gasteiger charge is -2.30. The van der Waals surface area contributed by atoms with Crippen LogP contribution in [-0.2, 0) is 22.4 Å². The summed E-state index contributed by atoms with van der Waals surface area (Å²) in [5, 5.41) is 3.70. The molecule has 144 valence electrons. The lowest BCUT2D eigenvalue weighted by atomic mass is 9.95. The maximum absolute atomic E-state index is 12.6. The number of rotatable bonds is 5. The molecule has 1 unspecified atom stereocenters. The van der Waals surface area contributed by atoms with Gasteiger partial charge in [-0.05, 0) is 70.4 Å². The van der Waals surface area contributed by atoms with E-state index >= 15 is 0 Å². The number of hydrogen-bond donors (Lipinski definition) is 1. The number of hydrogen-bond acceptors (Lipinski definition) is 5. The fraction of sp³-hybridized carbons (Fsp3) is 0.700. The van der Waals surface area contributed by atoms with Crippen molar-refractivity contribution in [3.63, 3.8) is 0 Å². The molecule has 0 saturated carbocycles. The van der Waals surface area contributed by atoms with Crippen LogP contribution in [0.5, 0.6) is 0 Å². The first-order chi connectivity index (χ1) is 12.4. The van der Waals surface area contributed by atoms with Crippen LogP contribution in [0.3, 0.4) is 0 Å². The number of piperidine rings is 1. The Morgan fingerprint density at radius 1 is 1.27 bits per heavy atom. The number of fused-ring (bicyclic) bond motifs is 1. The van der Waals surface area contributed by atoms with Crippen LogP contribution in [0.2, 0.25) is 0 Å². The first kappa shape index (κ1) is 19.4. The Morgan fingerprint density at radius 2 is 2.04 bits per heavy atom. The molecule has 1 aromatic heterocycles. The van der Waals surface area contributed by atoms with Crippen LogP contribution < -0.4 is 5.32 Å². The zero-order valence-corrected chi connectivity index (χ0v) is 16.9. The third kappa shape index (κ3) is 4.65. The lowest BCUT2D eigenvalue weighted by Crippen LogP contribution is -2.39. The molecule has 26 heavy (non-hydrogen) atoms. The van der Waals surface area contributed by atoms with Crippen LogP contribution in [0.1, 0.15) is 67.3 Å². The molecule has 0 bridgehead atoms. The van der Waals surface area contributed by atoms with Crippen LogP contribution in [0.4, 0.5) is 5.00 Å². The highest BCUT2D eigenvalue weighted by Crippen LogP contribution is 2.38. The highest BCUT2D eigenvalue weighted by Gasteiger charge is 2.28. The fourth-order valence-electron chi connectivity index (χ4n) is 3.94. The quantitative estimate of drug-likeness (QED) is 0.791. The standard InChI is InChI=1S/C20H30N2O3S/c1-13(2)25-20(24)18-15-8-4-5-9-16(15)26-19(18)21-17(23)12-22-10-6-7-14(3)11-22/h13-14H,4-12H2,1-3H3,(H,21,23). The maximum Gasteiger partial charge on any atom is 0.341 e. The summed E-state index contributed by atoms with van der Waals surface area (Å²) in [7, 11) is 0. The van der Waals surface area contributed by atoms with Gasteiger partial charge in [0.25, 0.3) is 0 Å². The second-order valence-corrected chi connectivity index (χ2v) is 9.00. The van der Waals surface area contributed by atoms with E-state index in [0.29, 0.717) is 23.0 Å². The fourth-order valence-corrected chi connectivity index (χ4v) is 5.24. The molecule has 1 aromatic rings. The van der Waals surface area contributed by atoms with Crippen molar-refractivity contribution in [1.82, 2.24) is 4.90 Å². The number of thiophene rings is 1. The molecule has 1 aliphatic carbocycles. The van der Waals surface area contributed by atoms with Crippen LogP contribution in [0.15, 0.2) is 0 Å². The van der Waals surface area contributed by atoms with Gasteiger partial charge in [0.2, 0.25) is 5.91 Å². The average molecular weight is 379 g/mol. The summed E-state index contributed by atoms with van der Waals surface area (Å²) in [6.45, 7) is 8.28. The number of aryl methyl sites for hydroxylation is 1. The number of ether oxygens (including phenoxy) is 1. The summed E-state index contributed by atoms with van der Waals surface area (Å²) >= 11 is 1.56. The Morgan fingerprint density at radius 3 is 2.77 bits per heavy atom. The molecule has 6 heteroatoms. The van der Waals surface area contributed by atoms with E-state index in [9.17, 15) is 9.59 Å². The predicted octanol–water partition coefficient (Wildman–Crippen LogP) is 3.86. The van der Waals surface area contributed by atoms with Gasteiger partial charge >= 0.3 is 5.97 Å². The maximum atomic E-state index is 12.6. The minimum atomic E-state index is -0.304. The van der Waals surface area contributed by atoms with Gasteiger partial charge in [-0.15, -0.1) is 11.3 Å². The molecular formula is C20H30N2O3S. The van der Waals surface area contributed by atoms with Gasteiger partial charge in [-0.2, -0.15) is 0 Å². The number of anilines is 1. The van der Waals surface area contributed by atoms with E-state index in [1.807, 2.05) is 13.8 Å².